The average Bonchev–Trinajstić information content (AvgIpc) is 2.61. The maximum atomic E-state index is 6.23. The minimum absolute atomic E-state index is 0.783. The second kappa shape index (κ2) is 6.99. The minimum Gasteiger partial charge on any atom is -0.310 e. The van der Waals surface area contributed by atoms with E-state index in [1.807, 2.05) is 11.6 Å². The van der Waals surface area contributed by atoms with Crippen LogP contribution in [0.1, 0.15) is 25.2 Å². The van der Waals surface area contributed by atoms with E-state index in [-0.39, 0.29) is 0 Å². The lowest BCUT2D eigenvalue weighted by atomic mass is 10.3. The van der Waals surface area contributed by atoms with Gasteiger partial charge in [-0.15, -0.1) is 0 Å². The van der Waals surface area contributed by atoms with Gasteiger partial charge in [0, 0.05) is 26.2 Å². The molecule has 0 spiro atoms. The smallest absolute Gasteiger partial charge is 0.0860 e. The summed E-state index contributed by atoms with van der Waals surface area (Å²) in [7, 11) is 2.12. The first-order chi connectivity index (χ1) is 8.10. The molecule has 0 saturated heterocycles. The predicted molar refractivity (Wildman–Crippen MR) is 72.5 cm³/mol. The molecular formula is C12H23ClN4. The molecule has 4 nitrogen and oxygen atoms in total. The molecule has 0 atom stereocenters. The number of hydrogen-bond donors (Lipinski definition) is 1. The number of nitrogens with one attached hydrogen (secondary N) is 1. The Morgan fingerprint density at radius 2 is 2.12 bits per heavy atom. The van der Waals surface area contributed by atoms with Crippen LogP contribution in [0.25, 0.3) is 0 Å². The molecule has 17 heavy (non-hydrogen) atoms. The standard InChI is InChI=1S/C12H23ClN4/c1-5-16(4)8-7-14-9-11-12(13)10(3)15-17(11)6-2/h14H,5-9H2,1-4H3. The van der Waals surface area contributed by atoms with E-state index in [0.717, 1.165) is 49.1 Å². The maximum Gasteiger partial charge on any atom is 0.0860 e. The normalized spacial score (nSPS) is 11.4. The fraction of sp³-hybridized carbons (Fsp3) is 0.750. The summed E-state index contributed by atoms with van der Waals surface area (Å²) in [5.74, 6) is 0. The summed E-state index contributed by atoms with van der Waals surface area (Å²) in [6, 6.07) is 0. The van der Waals surface area contributed by atoms with Gasteiger partial charge in [-0.3, -0.25) is 4.68 Å². The van der Waals surface area contributed by atoms with E-state index < -0.39 is 0 Å². The van der Waals surface area contributed by atoms with E-state index in [9.17, 15) is 0 Å². The average molecular weight is 259 g/mol. The van der Waals surface area contributed by atoms with Crippen molar-refractivity contribution < 1.29 is 0 Å². The van der Waals surface area contributed by atoms with Crippen LogP contribution < -0.4 is 5.32 Å². The van der Waals surface area contributed by atoms with Crippen molar-refractivity contribution in [3.63, 3.8) is 0 Å². The van der Waals surface area contributed by atoms with E-state index in [1.54, 1.807) is 0 Å². The monoisotopic (exact) mass is 258 g/mol. The highest BCUT2D eigenvalue weighted by Gasteiger charge is 2.11. The Kier molecular flexibility index (Phi) is 5.95. The van der Waals surface area contributed by atoms with Gasteiger partial charge in [0.05, 0.1) is 16.4 Å². The van der Waals surface area contributed by atoms with Gasteiger partial charge in [0.1, 0.15) is 0 Å². The highest BCUT2D eigenvalue weighted by atomic mass is 35.5. The van der Waals surface area contributed by atoms with Crippen molar-refractivity contribution in [2.24, 2.45) is 0 Å². The second-order valence-electron chi connectivity index (χ2n) is 4.23. The van der Waals surface area contributed by atoms with Gasteiger partial charge in [-0.05, 0) is 27.4 Å². The molecule has 5 heteroatoms. The van der Waals surface area contributed by atoms with Gasteiger partial charge in [-0.2, -0.15) is 5.10 Å². The molecule has 0 aliphatic rings. The number of rotatable bonds is 7. The number of aromatic nitrogens is 2. The number of hydrogen-bond acceptors (Lipinski definition) is 3. The van der Waals surface area contributed by atoms with Crippen LogP contribution in [0.15, 0.2) is 0 Å². The molecular weight excluding hydrogens is 236 g/mol. The summed E-state index contributed by atoms with van der Waals surface area (Å²) in [5.41, 5.74) is 2.00. The number of aryl methyl sites for hydroxylation is 2. The van der Waals surface area contributed by atoms with Crippen LogP contribution in [0.3, 0.4) is 0 Å². The highest BCUT2D eigenvalue weighted by molar-refractivity contribution is 6.31. The summed E-state index contributed by atoms with van der Waals surface area (Å²) in [5, 5.41) is 8.60. The molecule has 0 aliphatic carbocycles. The zero-order valence-corrected chi connectivity index (χ0v) is 12.0. The molecule has 0 fully saturated rings. The van der Waals surface area contributed by atoms with Crippen molar-refractivity contribution in [2.75, 3.05) is 26.7 Å². The summed E-state index contributed by atoms with van der Waals surface area (Å²) in [4.78, 5) is 2.27. The van der Waals surface area contributed by atoms with Crippen LogP contribution in [0, 0.1) is 6.92 Å². The highest BCUT2D eigenvalue weighted by Crippen LogP contribution is 2.19. The summed E-state index contributed by atoms with van der Waals surface area (Å²) in [6.45, 7) is 10.9. The fourth-order valence-electron chi connectivity index (χ4n) is 1.67. The zero-order valence-electron chi connectivity index (χ0n) is 11.3. The summed E-state index contributed by atoms with van der Waals surface area (Å²) < 4.78 is 1.97. The zero-order chi connectivity index (χ0) is 12.8. The molecule has 0 saturated carbocycles. The van der Waals surface area contributed by atoms with Crippen molar-refractivity contribution in [3.05, 3.63) is 16.4 Å². The lowest BCUT2D eigenvalue weighted by Gasteiger charge is -2.14. The third-order valence-electron chi connectivity index (χ3n) is 2.96. The predicted octanol–water partition coefficient (Wildman–Crippen LogP) is 1.91. The van der Waals surface area contributed by atoms with E-state index in [4.69, 9.17) is 11.6 Å². The van der Waals surface area contributed by atoms with E-state index in [1.165, 1.54) is 0 Å². The number of nitrogens with zero attached hydrogens (tertiary/aromatic N) is 3. The van der Waals surface area contributed by atoms with Crippen LogP contribution in [-0.4, -0.2) is 41.4 Å². The molecule has 0 aliphatic heterocycles. The molecule has 0 unspecified atom stereocenters. The Morgan fingerprint density at radius 3 is 2.71 bits per heavy atom. The second-order valence-corrected chi connectivity index (χ2v) is 4.61. The van der Waals surface area contributed by atoms with Crippen molar-refractivity contribution >= 4 is 11.6 Å². The fourth-order valence-corrected chi connectivity index (χ4v) is 1.87. The van der Waals surface area contributed by atoms with Gasteiger partial charge in [0.15, 0.2) is 0 Å². The van der Waals surface area contributed by atoms with Crippen LogP contribution in [0.4, 0.5) is 0 Å². The first-order valence-corrected chi connectivity index (χ1v) is 6.58. The Morgan fingerprint density at radius 1 is 1.41 bits per heavy atom. The van der Waals surface area contributed by atoms with E-state index in [0.29, 0.717) is 0 Å². The summed E-state index contributed by atoms with van der Waals surface area (Å²) >= 11 is 6.23. The van der Waals surface area contributed by atoms with Crippen molar-refractivity contribution in [3.8, 4) is 0 Å². The van der Waals surface area contributed by atoms with Gasteiger partial charge >= 0.3 is 0 Å². The van der Waals surface area contributed by atoms with Crippen LogP contribution >= 0.6 is 11.6 Å². The van der Waals surface area contributed by atoms with Crippen molar-refractivity contribution in [1.29, 1.82) is 0 Å². The number of likely N-dealkylation sites (N-methyl/N-ethyl adjacent to an activating group) is 1. The molecule has 1 heterocycles. The lowest BCUT2D eigenvalue weighted by molar-refractivity contribution is 0.348. The lowest BCUT2D eigenvalue weighted by Crippen LogP contribution is -2.29. The molecule has 0 bridgehead atoms. The van der Waals surface area contributed by atoms with E-state index >= 15 is 0 Å². The topological polar surface area (TPSA) is 33.1 Å². The third-order valence-corrected chi connectivity index (χ3v) is 3.45. The largest absolute Gasteiger partial charge is 0.310 e. The molecule has 0 aromatic carbocycles. The van der Waals surface area contributed by atoms with Crippen LogP contribution in [0.2, 0.25) is 5.02 Å². The SMILES string of the molecule is CCN(C)CCNCc1c(Cl)c(C)nn1CC. The molecule has 1 aromatic heterocycles. The number of halogens is 1. The molecule has 0 radical (unpaired) electrons. The van der Waals surface area contributed by atoms with Crippen LogP contribution in [0.5, 0.6) is 0 Å². The van der Waals surface area contributed by atoms with Gasteiger partial charge in [-0.1, -0.05) is 18.5 Å². The third kappa shape index (κ3) is 3.98. The van der Waals surface area contributed by atoms with Crippen LogP contribution in [-0.2, 0) is 13.1 Å². The Bertz CT molecular complexity index is 349. The Hall–Kier alpha value is -0.580. The first-order valence-electron chi connectivity index (χ1n) is 6.21. The quantitative estimate of drug-likeness (QED) is 0.759. The Balaban J connectivity index is 2.46. The summed E-state index contributed by atoms with van der Waals surface area (Å²) in [6.07, 6.45) is 0. The molecule has 1 N–H and O–H groups in total. The van der Waals surface area contributed by atoms with E-state index in [2.05, 4.69) is 36.2 Å². The minimum atomic E-state index is 0.783. The molecule has 1 rings (SSSR count). The van der Waals surface area contributed by atoms with Gasteiger partial charge in [0.2, 0.25) is 0 Å². The molecule has 1 aromatic rings. The van der Waals surface area contributed by atoms with Gasteiger partial charge < -0.3 is 10.2 Å². The van der Waals surface area contributed by atoms with Crippen molar-refractivity contribution in [1.82, 2.24) is 20.0 Å². The van der Waals surface area contributed by atoms with Crippen molar-refractivity contribution in [2.45, 2.75) is 33.9 Å². The van der Waals surface area contributed by atoms with Gasteiger partial charge in [0.25, 0.3) is 0 Å². The first kappa shape index (κ1) is 14.5. The molecule has 0 amide bonds. The molecule has 98 valence electrons. The Labute approximate surface area is 109 Å². The van der Waals surface area contributed by atoms with Gasteiger partial charge in [-0.25, -0.2) is 0 Å². The maximum absolute atomic E-state index is 6.23.